The average molecular weight is 284 g/mol. The van der Waals surface area contributed by atoms with E-state index in [1.165, 1.54) is 0 Å². The first kappa shape index (κ1) is 13.2. The molecule has 0 saturated carbocycles. The van der Waals surface area contributed by atoms with Crippen LogP contribution in [0.25, 0.3) is 0 Å². The number of amides is 1. The lowest BCUT2D eigenvalue weighted by atomic mass is 10.1. The second-order valence-electron chi connectivity index (χ2n) is 4.04. The Labute approximate surface area is 106 Å². The molecule has 16 heavy (non-hydrogen) atoms. The first-order valence-electron chi connectivity index (χ1n) is 5.58. The van der Waals surface area contributed by atoms with E-state index in [-0.39, 0.29) is 5.91 Å². The third-order valence-electron chi connectivity index (χ3n) is 2.60. The summed E-state index contributed by atoms with van der Waals surface area (Å²) in [5.74, 6) is 0.101. The number of benzene rings is 1. The molecule has 0 aliphatic rings. The zero-order valence-electron chi connectivity index (χ0n) is 10.1. The minimum absolute atomic E-state index is 0.101. The monoisotopic (exact) mass is 283 g/mol. The van der Waals surface area contributed by atoms with Crippen molar-refractivity contribution in [3.8, 4) is 0 Å². The summed E-state index contributed by atoms with van der Waals surface area (Å²) in [6.45, 7) is 4.94. The van der Waals surface area contributed by atoms with Crippen molar-refractivity contribution in [1.82, 2.24) is 4.90 Å². The molecule has 0 bridgehead atoms. The van der Waals surface area contributed by atoms with Gasteiger partial charge in [0.2, 0.25) is 0 Å². The Balaban J connectivity index is 2.76. The molecule has 0 unspecified atom stereocenters. The van der Waals surface area contributed by atoms with Gasteiger partial charge < -0.3 is 4.90 Å². The van der Waals surface area contributed by atoms with Gasteiger partial charge in [-0.2, -0.15) is 0 Å². The van der Waals surface area contributed by atoms with E-state index in [1.54, 1.807) is 4.90 Å². The number of hydrogen-bond acceptors (Lipinski definition) is 1. The maximum absolute atomic E-state index is 12.0. The standard InChI is InChI=1S/C13H18BrNO/c1-4-5-8-15(3)13(16)11-6-7-12(14)10(2)9-11/h6-7,9H,4-5,8H2,1-3H3. The van der Waals surface area contributed by atoms with Gasteiger partial charge in [-0.15, -0.1) is 0 Å². The van der Waals surface area contributed by atoms with Gasteiger partial charge in [-0.3, -0.25) is 4.79 Å². The van der Waals surface area contributed by atoms with Gasteiger partial charge in [0.25, 0.3) is 5.91 Å². The van der Waals surface area contributed by atoms with Crippen LogP contribution in [-0.4, -0.2) is 24.4 Å². The van der Waals surface area contributed by atoms with Crippen LogP contribution in [0.2, 0.25) is 0 Å². The molecular weight excluding hydrogens is 266 g/mol. The molecule has 1 aromatic rings. The summed E-state index contributed by atoms with van der Waals surface area (Å²) in [5, 5.41) is 0. The zero-order valence-corrected chi connectivity index (χ0v) is 11.7. The van der Waals surface area contributed by atoms with Crippen molar-refractivity contribution in [2.24, 2.45) is 0 Å². The smallest absolute Gasteiger partial charge is 0.253 e. The Kier molecular flexibility index (Phi) is 5.00. The van der Waals surface area contributed by atoms with Crippen LogP contribution in [0, 0.1) is 6.92 Å². The van der Waals surface area contributed by atoms with Crippen molar-refractivity contribution in [2.75, 3.05) is 13.6 Å². The Bertz CT molecular complexity index is 376. The summed E-state index contributed by atoms with van der Waals surface area (Å²) in [7, 11) is 1.86. The van der Waals surface area contributed by atoms with E-state index in [0.717, 1.165) is 35.0 Å². The Morgan fingerprint density at radius 3 is 2.69 bits per heavy atom. The van der Waals surface area contributed by atoms with Gasteiger partial charge >= 0.3 is 0 Å². The van der Waals surface area contributed by atoms with E-state index in [4.69, 9.17) is 0 Å². The Morgan fingerprint density at radius 2 is 2.12 bits per heavy atom. The second-order valence-corrected chi connectivity index (χ2v) is 4.90. The highest BCUT2D eigenvalue weighted by Gasteiger charge is 2.11. The van der Waals surface area contributed by atoms with Crippen LogP contribution in [-0.2, 0) is 0 Å². The van der Waals surface area contributed by atoms with Crippen LogP contribution in [0.3, 0.4) is 0 Å². The molecular formula is C13H18BrNO. The van der Waals surface area contributed by atoms with Crippen molar-refractivity contribution in [2.45, 2.75) is 26.7 Å². The molecule has 0 heterocycles. The number of carbonyl (C=O) groups excluding carboxylic acids is 1. The fraction of sp³-hybridized carbons (Fsp3) is 0.462. The molecule has 0 radical (unpaired) electrons. The number of halogens is 1. The SMILES string of the molecule is CCCCN(C)C(=O)c1ccc(Br)c(C)c1. The van der Waals surface area contributed by atoms with Crippen molar-refractivity contribution in [3.63, 3.8) is 0 Å². The number of hydrogen-bond donors (Lipinski definition) is 0. The van der Waals surface area contributed by atoms with Crippen LogP contribution < -0.4 is 0 Å². The molecule has 0 atom stereocenters. The number of nitrogens with zero attached hydrogens (tertiary/aromatic N) is 1. The number of unbranched alkanes of at least 4 members (excludes halogenated alkanes) is 1. The maximum Gasteiger partial charge on any atom is 0.253 e. The molecule has 3 heteroatoms. The van der Waals surface area contributed by atoms with Crippen LogP contribution in [0.4, 0.5) is 0 Å². The van der Waals surface area contributed by atoms with Crippen LogP contribution >= 0.6 is 15.9 Å². The minimum Gasteiger partial charge on any atom is -0.342 e. The highest BCUT2D eigenvalue weighted by Crippen LogP contribution is 2.18. The van der Waals surface area contributed by atoms with Crippen LogP contribution in [0.5, 0.6) is 0 Å². The predicted molar refractivity (Wildman–Crippen MR) is 70.7 cm³/mol. The first-order valence-corrected chi connectivity index (χ1v) is 6.37. The van der Waals surface area contributed by atoms with E-state index < -0.39 is 0 Å². The molecule has 2 nitrogen and oxygen atoms in total. The van der Waals surface area contributed by atoms with Gasteiger partial charge in [-0.1, -0.05) is 29.3 Å². The van der Waals surface area contributed by atoms with E-state index >= 15 is 0 Å². The summed E-state index contributed by atoms with van der Waals surface area (Å²) in [5.41, 5.74) is 1.86. The average Bonchev–Trinajstić information content (AvgIpc) is 2.28. The lowest BCUT2D eigenvalue weighted by Crippen LogP contribution is -2.27. The quantitative estimate of drug-likeness (QED) is 0.826. The maximum atomic E-state index is 12.0. The van der Waals surface area contributed by atoms with Crippen molar-refractivity contribution >= 4 is 21.8 Å². The normalized spacial score (nSPS) is 10.2. The van der Waals surface area contributed by atoms with E-state index in [2.05, 4.69) is 22.9 Å². The molecule has 0 N–H and O–H groups in total. The van der Waals surface area contributed by atoms with Gasteiger partial charge in [-0.05, 0) is 37.1 Å². The molecule has 0 saturated heterocycles. The summed E-state index contributed by atoms with van der Waals surface area (Å²) >= 11 is 3.43. The van der Waals surface area contributed by atoms with Gasteiger partial charge in [-0.25, -0.2) is 0 Å². The van der Waals surface area contributed by atoms with E-state index in [0.29, 0.717) is 0 Å². The number of carbonyl (C=O) groups is 1. The van der Waals surface area contributed by atoms with E-state index in [1.807, 2.05) is 32.2 Å². The summed E-state index contributed by atoms with van der Waals surface area (Å²) in [4.78, 5) is 13.8. The molecule has 0 aliphatic heterocycles. The molecule has 1 aromatic carbocycles. The third-order valence-corrected chi connectivity index (χ3v) is 3.49. The lowest BCUT2D eigenvalue weighted by Gasteiger charge is -2.17. The first-order chi connectivity index (χ1) is 7.56. The third kappa shape index (κ3) is 3.34. The zero-order chi connectivity index (χ0) is 12.1. The fourth-order valence-electron chi connectivity index (χ4n) is 1.49. The topological polar surface area (TPSA) is 20.3 Å². The van der Waals surface area contributed by atoms with Gasteiger partial charge in [0.1, 0.15) is 0 Å². The largest absolute Gasteiger partial charge is 0.342 e. The number of aryl methyl sites for hydroxylation is 1. The molecule has 1 rings (SSSR count). The van der Waals surface area contributed by atoms with Crippen LogP contribution in [0.15, 0.2) is 22.7 Å². The van der Waals surface area contributed by atoms with Crippen molar-refractivity contribution in [3.05, 3.63) is 33.8 Å². The molecule has 0 aliphatic carbocycles. The Hall–Kier alpha value is -0.830. The van der Waals surface area contributed by atoms with Crippen molar-refractivity contribution < 1.29 is 4.79 Å². The van der Waals surface area contributed by atoms with Gasteiger partial charge in [0, 0.05) is 23.6 Å². The molecule has 1 amide bonds. The Morgan fingerprint density at radius 1 is 1.44 bits per heavy atom. The number of rotatable bonds is 4. The van der Waals surface area contributed by atoms with Gasteiger partial charge in [0.15, 0.2) is 0 Å². The molecule has 0 aromatic heterocycles. The molecule has 88 valence electrons. The second kappa shape index (κ2) is 6.04. The van der Waals surface area contributed by atoms with Crippen LogP contribution in [0.1, 0.15) is 35.7 Å². The molecule has 0 fully saturated rings. The fourth-order valence-corrected chi connectivity index (χ4v) is 1.74. The lowest BCUT2D eigenvalue weighted by molar-refractivity contribution is 0.0793. The summed E-state index contributed by atoms with van der Waals surface area (Å²) in [6.07, 6.45) is 2.16. The summed E-state index contributed by atoms with van der Waals surface area (Å²) < 4.78 is 1.04. The van der Waals surface area contributed by atoms with Gasteiger partial charge in [0.05, 0.1) is 0 Å². The molecule has 0 spiro atoms. The van der Waals surface area contributed by atoms with E-state index in [9.17, 15) is 4.79 Å². The predicted octanol–water partition coefficient (Wildman–Crippen LogP) is 3.63. The summed E-state index contributed by atoms with van der Waals surface area (Å²) in [6, 6.07) is 5.72. The highest BCUT2D eigenvalue weighted by molar-refractivity contribution is 9.10. The highest BCUT2D eigenvalue weighted by atomic mass is 79.9. The van der Waals surface area contributed by atoms with Crippen molar-refractivity contribution in [1.29, 1.82) is 0 Å². The minimum atomic E-state index is 0.101.